The van der Waals surface area contributed by atoms with Gasteiger partial charge >= 0.3 is 6.03 Å². The van der Waals surface area contributed by atoms with E-state index in [2.05, 4.69) is 15.6 Å². The van der Waals surface area contributed by atoms with Gasteiger partial charge in [-0.3, -0.25) is 9.69 Å². The van der Waals surface area contributed by atoms with Crippen molar-refractivity contribution in [2.75, 3.05) is 51.7 Å². The fraction of sp³-hybridized carbons (Fsp3) is 0.533. The minimum Gasteiger partial charge on any atom is -0.476 e. The van der Waals surface area contributed by atoms with Crippen LogP contribution in [0.4, 0.5) is 10.5 Å². The maximum atomic E-state index is 12.3. The van der Waals surface area contributed by atoms with E-state index in [4.69, 9.17) is 4.74 Å². The summed E-state index contributed by atoms with van der Waals surface area (Å²) in [6.45, 7) is 5.21. The Morgan fingerprint density at radius 1 is 1.30 bits per heavy atom. The molecular weight excluding hydrogens is 298 g/mol. The first-order valence-corrected chi connectivity index (χ1v) is 7.70. The summed E-state index contributed by atoms with van der Waals surface area (Å²) in [5, 5.41) is 5.44. The number of hydrogen-bond acceptors (Lipinski definition) is 5. The molecule has 0 atom stereocenters. The Bertz CT molecular complexity index is 544. The quantitative estimate of drug-likeness (QED) is 0.818. The largest absolute Gasteiger partial charge is 0.476 e. The number of anilines is 1. The number of hydrogen-bond donors (Lipinski definition) is 2. The number of pyridine rings is 1. The molecule has 1 aromatic heterocycles. The van der Waals surface area contributed by atoms with Crippen molar-refractivity contribution in [3.05, 3.63) is 18.3 Å². The van der Waals surface area contributed by atoms with Crippen LogP contribution in [-0.4, -0.2) is 73.1 Å². The molecule has 1 aliphatic rings. The molecule has 0 bridgehead atoms. The molecule has 1 aromatic rings. The smallest absolute Gasteiger partial charge is 0.322 e. The molecule has 2 rings (SSSR count). The topological polar surface area (TPSA) is 86.8 Å². The van der Waals surface area contributed by atoms with Crippen LogP contribution >= 0.6 is 0 Å². The normalized spacial score (nSPS) is 15.1. The van der Waals surface area contributed by atoms with Gasteiger partial charge in [0.2, 0.25) is 11.8 Å². The molecule has 23 heavy (non-hydrogen) atoms. The van der Waals surface area contributed by atoms with Crippen LogP contribution in [0.5, 0.6) is 5.88 Å². The molecule has 0 aromatic carbocycles. The van der Waals surface area contributed by atoms with E-state index in [0.29, 0.717) is 50.9 Å². The molecule has 2 heterocycles. The van der Waals surface area contributed by atoms with Crippen molar-refractivity contribution in [1.29, 1.82) is 0 Å². The monoisotopic (exact) mass is 321 g/mol. The first kappa shape index (κ1) is 17.0. The van der Waals surface area contributed by atoms with Crippen molar-refractivity contribution >= 4 is 17.6 Å². The highest BCUT2D eigenvalue weighted by Crippen LogP contribution is 2.21. The van der Waals surface area contributed by atoms with E-state index >= 15 is 0 Å². The molecular formula is C15H23N5O3. The van der Waals surface area contributed by atoms with E-state index in [1.165, 1.54) is 0 Å². The Kier molecular flexibility index (Phi) is 6.16. The number of urea groups is 1. The molecule has 1 fully saturated rings. The van der Waals surface area contributed by atoms with E-state index < -0.39 is 0 Å². The second-order valence-corrected chi connectivity index (χ2v) is 5.16. The number of rotatable bonds is 5. The van der Waals surface area contributed by atoms with Gasteiger partial charge in [-0.15, -0.1) is 0 Å². The maximum absolute atomic E-state index is 12.3. The number of amides is 3. The highest BCUT2D eigenvalue weighted by molar-refractivity contribution is 5.90. The second kappa shape index (κ2) is 8.33. The van der Waals surface area contributed by atoms with Crippen LogP contribution in [0, 0.1) is 0 Å². The fourth-order valence-electron chi connectivity index (χ4n) is 2.32. The van der Waals surface area contributed by atoms with Gasteiger partial charge in [-0.25, -0.2) is 9.78 Å². The summed E-state index contributed by atoms with van der Waals surface area (Å²) in [6, 6.07) is 3.33. The SMILES string of the molecule is CCOc1ncccc1NC(=O)N1CCN(CC(=O)NC)CC1. The number of nitrogens with one attached hydrogen (secondary N) is 2. The van der Waals surface area contributed by atoms with E-state index in [9.17, 15) is 9.59 Å². The van der Waals surface area contributed by atoms with Crippen molar-refractivity contribution in [1.82, 2.24) is 20.1 Å². The van der Waals surface area contributed by atoms with E-state index in [-0.39, 0.29) is 11.9 Å². The lowest BCUT2D eigenvalue weighted by atomic mass is 10.3. The van der Waals surface area contributed by atoms with Crippen molar-refractivity contribution < 1.29 is 14.3 Å². The summed E-state index contributed by atoms with van der Waals surface area (Å²) in [5.74, 6) is 0.404. The molecule has 3 amide bonds. The molecule has 0 saturated carbocycles. The zero-order valence-corrected chi connectivity index (χ0v) is 13.5. The first-order valence-electron chi connectivity index (χ1n) is 7.70. The third-order valence-electron chi connectivity index (χ3n) is 3.60. The zero-order valence-electron chi connectivity index (χ0n) is 13.5. The number of piperazine rings is 1. The Balaban J connectivity index is 1.87. The van der Waals surface area contributed by atoms with E-state index in [1.807, 2.05) is 11.8 Å². The minimum absolute atomic E-state index is 0.0142. The highest BCUT2D eigenvalue weighted by Gasteiger charge is 2.22. The predicted octanol–water partition coefficient (Wildman–Crippen LogP) is 0.376. The van der Waals surface area contributed by atoms with Gasteiger partial charge in [0.1, 0.15) is 5.69 Å². The average Bonchev–Trinajstić information content (AvgIpc) is 2.57. The second-order valence-electron chi connectivity index (χ2n) is 5.16. The molecule has 0 radical (unpaired) electrons. The summed E-state index contributed by atoms with van der Waals surface area (Å²) in [5.41, 5.74) is 0.562. The molecule has 2 N–H and O–H groups in total. The molecule has 126 valence electrons. The lowest BCUT2D eigenvalue weighted by Crippen LogP contribution is -2.51. The molecule has 1 saturated heterocycles. The molecule has 0 unspecified atom stereocenters. The molecule has 0 aliphatic carbocycles. The van der Waals surface area contributed by atoms with Crippen LogP contribution in [0.25, 0.3) is 0 Å². The van der Waals surface area contributed by atoms with Gasteiger partial charge in [0.05, 0.1) is 13.2 Å². The minimum atomic E-state index is -0.182. The number of ether oxygens (including phenoxy) is 1. The van der Waals surface area contributed by atoms with Crippen LogP contribution in [0.15, 0.2) is 18.3 Å². The summed E-state index contributed by atoms with van der Waals surface area (Å²) in [6.07, 6.45) is 1.62. The van der Waals surface area contributed by atoms with Crippen LogP contribution in [0.1, 0.15) is 6.92 Å². The molecule has 1 aliphatic heterocycles. The third-order valence-corrected chi connectivity index (χ3v) is 3.60. The highest BCUT2D eigenvalue weighted by atomic mass is 16.5. The van der Waals surface area contributed by atoms with Gasteiger partial charge in [-0.05, 0) is 19.1 Å². The van der Waals surface area contributed by atoms with Crippen LogP contribution in [0.2, 0.25) is 0 Å². The van der Waals surface area contributed by atoms with Crippen molar-refractivity contribution in [2.45, 2.75) is 6.92 Å². The van der Waals surface area contributed by atoms with Crippen LogP contribution in [0.3, 0.4) is 0 Å². The number of carbonyl (C=O) groups excluding carboxylic acids is 2. The Morgan fingerprint density at radius 3 is 2.70 bits per heavy atom. The van der Waals surface area contributed by atoms with E-state index in [1.54, 1.807) is 30.3 Å². The first-order chi connectivity index (χ1) is 11.1. The van der Waals surface area contributed by atoms with Gasteiger partial charge < -0.3 is 20.3 Å². The van der Waals surface area contributed by atoms with Gasteiger partial charge in [0, 0.05) is 39.4 Å². The van der Waals surface area contributed by atoms with Gasteiger partial charge in [0.25, 0.3) is 0 Å². The van der Waals surface area contributed by atoms with Gasteiger partial charge in [-0.2, -0.15) is 0 Å². The predicted molar refractivity (Wildman–Crippen MR) is 86.5 cm³/mol. The summed E-state index contributed by atoms with van der Waals surface area (Å²) in [4.78, 5) is 31.6. The summed E-state index contributed by atoms with van der Waals surface area (Å²) < 4.78 is 5.40. The summed E-state index contributed by atoms with van der Waals surface area (Å²) in [7, 11) is 1.62. The number of likely N-dealkylation sites (N-methyl/N-ethyl adjacent to an activating group) is 1. The van der Waals surface area contributed by atoms with Crippen LogP contribution < -0.4 is 15.4 Å². The maximum Gasteiger partial charge on any atom is 0.322 e. The molecule has 0 spiro atoms. The number of carbonyl (C=O) groups is 2. The standard InChI is InChI=1S/C15H23N5O3/c1-3-23-14-12(5-4-6-17-14)18-15(22)20-9-7-19(8-10-20)11-13(21)16-2/h4-6H,3,7-11H2,1-2H3,(H,16,21)(H,18,22). The Hall–Kier alpha value is -2.35. The number of aromatic nitrogens is 1. The lowest BCUT2D eigenvalue weighted by Gasteiger charge is -2.34. The number of nitrogens with zero attached hydrogens (tertiary/aromatic N) is 3. The average molecular weight is 321 g/mol. The Morgan fingerprint density at radius 2 is 2.04 bits per heavy atom. The molecule has 8 nitrogen and oxygen atoms in total. The van der Waals surface area contributed by atoms with Crippen LogP contribution in [-0.2, 0) is 4.79 Å². The van der Waals surface area contributed by atoms with Gasteiger partial charge in [-0.1, -0.05) is 0 Å². The third kappa shape index (κ3) is 4.82. The van der Waals surface area contributed by atoms with Crippen molar-refractivity contribution in [3.8, 4) is 5.88 Å². The van der Waals surface area contributed by atoms with Gasteiger partial charge in [0.15, 0.2) is 0 Å². The Labute approximate surface area is 135 Å². The lowest BCUT2D eigenvalue weighted by molar-refractivity contribution is -0.122. The van der Waals surface area contributed by atoms with Crippen molar-refractivity contribution in [2.24, 2.45) is 0 Å². The van der Waals surface area contributed by atoms with E-state index in [0.717, 1.165) is 0 Å². The zero-order chi connectivity index (χ0) is 16.7. The fourth-order valence-corrected chi connectivity index (χ4v) is 2.32. The summed E-state index contributed by atoms with van der Waals surface area (Å²) >= 11 is 0. The van der Waals surface area contributed by atoms with Crippen molar-refractivity contribution in [3.63, 3.8) is 0 Å². The molecule has 8 heteroatoms.